The molecule has 0 saturated heterocycles. The summed E-state index contributed by atoms with van der Waals surface area (Å²) >= 11 is 0. The lowest BCUT2D eigenvalue weighted by Crippen LogP contribution is -2.74. The third kappa shape index (κ3) is 6.19. The van der Waals surface area contributed by atoms with Crippen LogP contribution in [0.15, 0.2) is 326 Å². The Labute approximate surface area is 531 Å². The Bertz CT molecular complexity index is 5930. The van der Waals surface area contributed by atoms with Crippen molar-refractivity contribution in [1.29, 1.82) is 0 Å². The second-order valence-corrected chi connectivity index (χ2v) is 29.3. The molecular weight excluding hydrogens is 1130 g/mol. The molecule has 0 saturated carbocycles. The van der Waals surface area contributed by atoms with E-state index in [1.165, 1.54) is 154 Å². The number of rotatable bonds is 6. The first-order valence-corrected chi connectivity index (χ1v) is 34.0. The van der Waals surface area contributed by atoms with Gasteiger partial charge >= 0.3 is 0 Å². The number of para-hydroxylation sites is 6. The van der Waals surface area contributed by atoms with Gasteiger partial charge in [0.2, 0.25) is 5.89 Å². The van der Waals surface area contributed by atoms with Crippen LogP contribution in [-0.2, 0) is 10.8 Å². The first kappa shape index (κ1) is 50.3. The normalized spacial score (nSPS) is 15.1. The van der Waals surface area contributed by atoms with Gasteiger partial charge in [0.05, 0.1) is 44.3 Å². The van der Waals surface area contributed by atoms with Crippen molar-refractivity contribution < 1.29 is 4.42 Å². The Kier molecular flexibility index (Phi) is 9.98. The van der Waals surface area contributed by atoms with Gasteiger partial charge in [-0.2, -0.15) is 0 Å². The highest BCUT2D eigenvalue weighted by Gasteiger charge is 2.54. The van der Waals surface area contributed by atoms with Gasteiger partial charge in [-0.1, -0.05) is 261 Å². The van der Waals surface area contributed by atoms with E-state index in [1.807, 2.05) is 24.3 Å². The predicted molar refractivity (Wildman–Crippen MR) is 379 cm³/mol. The van der Waals surface area contributed by atoms with Crippen LogP contribution in [0, 0.1) is 0 Å². The standard InChI is InChI=1S/C87H53N3OSi/c1-3-25-57(26-4-1)92(58-27-5-2-6-28-58,60-52-68-65-34-11-19-42-79(65)90-80-43-20-15-38-73(80)86(76(53-60)84(68)90)69-35-12-7-30-61(69)62-31-8-13-36-70(62)86)59-29-23-24-54(48-59)56-50-67-64-33-10-18-41-78(64)89-81-44-21-16-39-74(81)87(75(51-56)83(67)89)71-37-14-9-32-63(71)66-49-55(46-47-72(66)87)85-88-77-40-17-22-45-82(77)91-85/h1-53H. The molecule has 3 aromatic heterocycles. The highest BCUT2D eigenvalue weighted by Crippen LogP contribution is 2.63. The number of hydrogen-bond donors (Lipinski definition) is 0. The number of hydrogen-bond acceptors (Lipinski definition) is 2. The molecule has 1 unspecified atom stereocenters. The highest BCUT2D eigenvalue weighted by atomic mass is 28.3. The minimum Gasteiger partial charge on any atom is -0.436 e. The van der Waals surface area contributed by atoms with E-state index in [4.69, 9.17) is 9.40 Å². The lowest BCUT2D eigenvalue weighted by molar-refractivity contribution is 0.620. The molecule has 4 aliphatic rings. The van der Waals surface area contributed by atoms with Crippen LogP contribution in [0.3, 0.4) is 0 Å². The fourth-order valence-electron chi connectivity index (χ4n) is 18.0. The fourth-order valence-corrected chi connectivity index (χ4v) is 22.9. The van der Waals surface area contributed by atoms with E-state index in [1.54, 1.807) is 0 Å². The molecule has 14 aromatic carbocycles. The SMILES string of the molecule is c1ccc([Si](c2ccccc2)(c2cccc(-c3cc4c5c(c3)c3ccccc3n5-c3ccccc3C43c4ccccc4-c4cc(-c5nc6ccccc6o5)ccc43)c2)c2cc3c4c(c2)c2ccccc2n4-c2ccccc2C32c3ccccc3-c3ccccc32)cc1. The molecule has 92 heavy (non-hydrogen) atoms. The van der Waals surface area contributed by atoms with Crippen molar-refractivity contribution >= 4 is 83.5 Å². The third-order valence-corrected chi connectivity index (χ3v) is 26.2. The molecule has 4 nitrogen and oxygen atoms in total. The van der Waals surface area contributed by atoms with E-state index in [0.29, 0.717) is 5.89 Å². The van der Waals surface area contributed by atoms with Crippen molar-refractivity contribution in [2.75, 3.05) is 0 Å². The molecule has 2 spiro atoms. The van der Waals surface area contributed by atoms with E-state index in [0.717, 1.165) is 16.7 Å². The van der Waals surface area contributed by atoms with Gasteiger partial charge in [0.1, 0.15) is 5.52 Å². The monoisotopic (exact) mass is 1180 g/mol. The topological polar surface area (TPSA) is 35.9 Å². The summed E-state index contributed by atoms with van der Waals surface area (Å²) in [7, 11) is -3.37. The molecule has 2 aliphatic carbocycles. The quantitative estimate of drug-likeness (QED) is 0.123. The zero-order chi connectivity index (χ0) is 60.0. The minimum atomic E-state index is -3.37. The van der Waals surface area contributed by atoms with E-state index in [9.17, 15) is 0 Å². The maximum atomic E-state index is 6.50. The molecule has 5 heterocycles. The summed E-state index contributed by atoms with van der Waals surface area (Å²) in [4.78, 5) is 5.03. The summed E-state index contributed by atoms with van der Waals surface area (Å²) in [6.45, 7) is 0. The Balaban J connectivity index is 0.861. The first-order valence-electron chi connectivity index (χ1n) is 32.0. The minimum absolute atomic E-state index is 0.619. The van der Waals surface area contributed by atoms with Crippen molar-refractivity contribution in [2.45, 2.75) is 10.8 Å². The summed E-state index contributed by atoms with van der Waals surface area (Å²) in [5, 5.41) is 10.3. The molecule has 17 aromatic rings. The molecule has 426 valence electrons. The van der Waals surface area contributed by atoms with E-state index >= 15 is 0 Å². The Morgan fingerprint density at radius 1 is 0.283 bits per heavy atom. The van der Waals surface area contributed by atoms with Gasteiger partial charge in [-0.3, -0.25) is 0 Å². The molecule has 0 radical (unpaired) electrons. The first-order chi connectivity index (χ1) is 45.6. The number of aromatic nitrogens is 3. The van der Waals surface area contributed by atoms with Gasteiger partial charge in [-0.05, 0) is 159 Å². The summed E-state index contributed by atoms with van der Waals surface area (Å²) in [5.74, 6) is 0.622. The van der Waals surface area contributed by atoms with Gasteiger partial charge < -0.3 is 13.6 Å². The Morgan fingerprint density at radius 3 is 1.37 bits per heavy atom. The van der Waals surface area contributed by atoms with Crippen molar-refractivity contribution in [1.82, 2.24) is 14.1 Å². The second-order valence-electron chi connectivity index (χ2n) is 25.5. The molecule has 0 bridgehead atoms. The van der Waals surface area contributed by atoms with Crippen LogP contribution in [0.25, 0.3) is 111 Å². The molecule has 5 heteroatoms. The van der Waals surface area contributed by atoms with Crippen molar-refractivity contribution in [3.8, 4) is 56.2 Å². The summed E-state index contributed by atoms with van der Waals surface area (Å²) in [6, 6.07) is 122. The largest absolute Gasteiger partial charge is 0.436 e. The van der Waals surface area contributed by atoms with Crippen LogP contribution in [0.4, 0.5) is 0 Å². The van der Waals surface area contributed by atoms with Crippen molar-refractivity contribution in [3.05, 3.63) is 366 Å². The molecule has 1 atom stereocenters. The van der Waals surface area contributed by atoms with Gasteiger partial charge in [-0.25, -0.2) is 4.98 Å². The zero-order valence-electron chi connectivity index (χ0n) is 49.8. The number of fused-ring (bicyclic) bond motifs is 25. The van der Waals surface area contributed by atoms with Gasteiger partial charge in [0.25, 0.3) is 0 Å². The van der Waals surface area contributed by atoms with Crippen LogP contribution < -0.4 is 20.7 Å². The maximum absolute atomic E-state index is 6.50. The maximum Gasteiger partial charge on any atom is 0.227 e. The predicted octanol–water partition coefficient (Wildman–Crippen LogP) is 18.1. The van der Waals surface area contributed by atoms with E-state index < -0.39 is 18.9 Å². The van der Waals surface area contributed by atoms with Crippen LogP contribution in [0.1, 0.15) is 44.5 Å². The lowest BCUT2D eigenvalue weighted by atomic mass is 9.65. The van der Waals surface area contributed by atoms with Gasteiger partial charge in [0.15, 0.2) is 13.7 Å². The van der Waals surface area contributed by atoms with Gasteiger partial charge in [0, 0.05) is 27.1 Å². The van der Waals surface area contributed by atoms with Crippen molar-refractivity contribution in [3.63, 3.8) is 0 Å². The van der Waals surface area contributed by atoms with Crippen LogP contribution in [0.5, 0.6) is 0 Å². The van der Waals surface area contributed by atoms with Crippen LogP contribution >= 0.6 is 0 Å². The number of benzene rings is 14. The molecule has 21 rings (SSSR count). The van der Waals surface area contributed by atoms with E-state index in [-0.39, 0.29) is 0 Å². The number of oxazole rings is 1. The average Bonchev–Trinajstić information content (AvgIpc) is 1.47. The smallest absolute Gasteiger partial charge is 0.227 e. The van der Waals surface area contributed by atoms with Gasteiger partial charge in [-0.15, -0.1) is 0 Å². The van der Waals surface area contributed by atoms with Crippen molar-refractivity contribution in [2.24, 2.45) is 0 Å². The summed E-state index contributed by atoms with van der Waals surface area (Å²) in [5.41, 5.74) is 26.3. The molecule has 0 amide bonds. The van der Waals surface area contributed by atoms with E-state index in [2.05, 4.69) is 306 Å². The Hall–Kier alpha value is -11.6. The fraction of sp³-hybridized carbons (Fsp3) is 0.0230. The van der Waals surface area contributed by atoms with Crippen LogP contribution in [0.2, 0.25) is 0 Å². The number of nitrogens with zero attached hydrogens (tertiary/aromatic N) is 3. The highest BCUT2D eigenvalue weighted by molar-refractivity contribution is 7.20. The second kappa shape index (κ2) is 18.3. The molecule has 0 N–H and O–H groups in total. The molecular formula is C87H53N3OSi. The summed E-state index contributed by atoms with van der Waals surface area (Å²) in [6.07, 6.45) is 0. The summed E-state index contributed by atoms with van der Waals surface area (Å²) < 4.78 is 11.7. The van der Waals surface area contributed by atoms with Crippen LogP contribution in [-0.4, -0.2) is 22.2 Å². The molecule has 2 aliphatic heterocycles. The zero-order valence-corrected chi connectivity index (χ0v) is 50.8. The lowest BCUT2D eigenvalue weighted by Gasteiger charge is -2.41. The third-order valence-electron chi connectivity index (χ3n) is 21.5. The average molecular weight is 1180 g/mol. The Morgan fingerprint density at radius 2 is 0.761 bits per heavy atom. The molecule has 0 fully saturated rings.